The Hall–Kier alpha value is -1.32. The molecule has 4 heteroatoms. The molecule has 0 aliphatic carbocycles. The van der Waals surface area contributed by atoms with Crippen LogP contribution >= 0.6 is 0 Å². The molecule has 4 nitrogen and oxygen atoms in total. The van der Waals surface area contributed by atoms with Gasteiger partial charge in [-0.1, -0.05) is 33.1 Å². The zero-order valence-electron chi connectivity index (χ0n) is 11.0. The van der Waals surface area contributed by atoms with Gasteiger partial charge < -0.3 is 10.6 Å². The van der Waals surface area contributed by atoms with Crippen molar-refractivity contribution in [2.24, 2.45) is 0 Å². The molecule has 0 saturated heterocycles. The molecule has 0 bridgehead atoms. The Morgan fingerprint density at radius 1 is 1.00 bits per heavy atom. The summed E-state index contributed by atoms with van der Waals surface area (Å²) in [6, 6.07) is 1.91. The zero-order valence-corrected chi connectivity index (χ0v) is 11.0. The first-order chi connectivity index (χ1) is 8.36. The minimum atomic E-state index is 0.713. The molecule has 96 valence electrons. The lowest BCUT2D eigenvalue weighted by Crippen LogP contribution is -2.08. The minimum Gasteiger partial charge on any atom is -0.370 e. The van der Waals surface area contributed by atoms with Gasteiger partial charge in [-0.3, -0.25) is 0 Å². The van der Waals surface area contributed by atoms with Crippen LogP contribution in [0.4, 0.5) is 11.8 Å². The van der Waals surface area contributed by atoms with Gasteiger partial charge in [0.2, 0.25) is 5.95 Å². The second-order valence-corrected chi connectivity index (χ2v) is 4.18. The van der Waals surface area contributed by atoms with Crippen molar-refractivity contribution in [2.45, 2.75) is 46.0 Å². The van der Waals surface area contributed by atoms with E-state index in [-0.39, 0.29) is 0 Å². The van der Waals surface area contributed by atoms with Gasteiger partial charge in [0, 0.05) is 19.3 Å². The number of unbranched alkanes of at least 4 members (excludes halogenated alkanes) is 3. The molecule has 0 unspecified atom stereocenters. The number of anilines is 2. The molecule has 0 aliphatic heterocycles. The molecular weight excluding hydrogens is 212 g/mol. The fraction of sp³-hybridized carbons (Fsp3) is 0.692. The van der Waals surface area contributed by atoms with E-state index in [9.17, 15) is 0 Å². The first-order valence-corrected chi connectivity index (χ1v) is 6.67. The first kappa shape index (κ1) is 13.7. The van der Waals surface area contributed by atoms with Crippen LogP contribution < -0.4 is 10.6 Å². The third kappa shape index (κ3) is 6.09. The standard InChI is InChI=1S/C13H24N4/c1-3-5-6-7-10-14-12-8-11-16-13(17-12)15-9-4-2/h8,11H,3-7,9-10H2,1-2H3,(H2,14,15,16,17). The first-order valence-electron chi connectivity index (χ1n) is 6.67. The summed E-state index contributed by atoms with van der Waals surface area (Å²) in [5, 5.41) is 6.51. The van der Waals surface area contributed by atoms with E-state index in [1.807, 2.05) is 6.07 Å². The lowest BCUT2D eigenvalue weighted by molar-refractivity contribution is 0.684. The van der Waals surface area contributed by atoms with E-state index in [1.165, 1.54) is 25.7 Å². The van der Waals surface area contributed by atoms with E-state index in [4.69, 9.17) is 0 Å². The lowest BCUT2D eigenvalue weighted by atomic mass is 10.2. The summed E-state index contributed by atoms with van der Waals surface area (Å²) in [6.45, 7) is 6.26. The van der Waals surface area contributed by atoms with Gasteiger partial charge in [0.25, 0.3) is 0 Å². The summed E-state index contributed by atoms with van der Waals surface area (Å²) in [6.07, 6.45) is 7.95. The predicted octanol–water partition coefficient (Wildman–Crippen LogP) is 3.29. The summed E-state index contributed by atoms with van der Waals surface area (Å²) < 4.78 is 0. The molecule has 0 aromatic carbocycles. The molecule has 0 atom stereocenters. The normalized spacial score (nSPS) is 10.2. The van der Waals surface area contributed by atoms with E-state index in [1.54, 1.807) is 6.20 Å². The molecule has 1 aromatic heterocycles. The number of hydrogen-bond acceptors (Lipinski definition) is 4. The molecule has 0 saturated carbocycles. The van der Waals surface area contributed by atoms with Crippen LogP contribution in [0.5, 0.6) is 0 Å². The Labute approximate surface area is 104 Å². The molecule has 2 N–H and O–H groups in total. The van der Waals surface area contributed by atoms with Crippen LogP contribution in [0.1, 0.15) is 46.0 Å². The van der Waals surface area contributed by atoms with Crippen LogP contribution in [-0.4, -0.2) is 23.1 Å². The van der Waals surface area contributed by atoms with Gasteiger partial charge in [-0.25, -0.2) is 4.98 Å². The lowest BCUT2D eigenvalue weighted by Gasteiger charge is -2.07. The van der Waals surface area contributed by atoms with Gasteiger partial charge in [0.15, 0.2) is 0 Å². The SMILES string of the molecule is CCCCCCNc1ccnc(NCCC)n1. The Balaban J connectivity index is 2.27. The van der Waals surface area contributed by atoms with E-state index in [0.29, 0.717) is 5.95 Å². The van der Waals surface area contributed by atoms with E-state index < -0.39 is 0 Å². The van der Waals surface area contributed by atoms with E-state index in [0.717, 1.165) is 25.3 Å². The molecule has 1 rings (SSSR count). The summed E-state index contributed by atoms with van der Waals surface area (Å²) in [7, 11) is 0. The van der Waals surface area contributed by atoms with E-state index in [2.05, 4.69) is 34.4 Å². The van der Waals surface area contributed by atoms with Gasteiger partial charge in [-0.15, -0.1) is 0 Å². The fourth-order valence-electron chi connectivity index (χ4n) is 1.55. The summed E-state index contributed by atoms with van der Waals surface area (Å²) in [4.78, 5) is 8.57. The van der Waals surface area contributed by atoms with Crippen molar-refractivity contribution in [1.82, 2.24) is 9.97 Å². The molecule has 0 fully saturated rings. The summed E-state index contributed by atoms with van der Waals surface area (Å²) in [5.41, 5.74) is 0. The highest BCUT2D eigenvalue weighted by Crippen LogP contribution is 2.06. The highest BCUT2D eigenvalue weighted by Gasteiger charge is 1.97. The Kier molecular flexibility index (Phi) is 7.11. The topological polar surface area (TPSA) is 49.8 Å². The Morgan fingerprint density at radius 3 is 2.65 bits per heavy atom. The molecular formula is C13H24N4. The van der Waals surface area contributed by atoms with Crippen molar-refractivity contribution in [3.8, 4) is 0 Å². The molecule has 0 radical (unpaired) electrons. The maximum Gasteiger partial charge on any atom is 0.224 e. The van der Waals surface area contributed by atoms with Crippen molar-refractivity contribution in [3.63, 3.8) is 0 Å². The third-order valence-electron chi connectivity index (χ3n) is 2.53. The third-order valence-corrected chi connectivity index (χ3v) is 2.53. The van der Waals surface area contributed by atoms with Gasteiger partial charge in [0.1, 0.15) is 5.82 Å². The average Bonchev–Trinajstić information content (AvgIpc) is 2.37. The number of aromatic nitrogens is 2. The molecule has 0 amide bonds. The van der Waals surface area contributed by atoms with Gasteiger partial charge in [-0.2, -0.15) is 4.98 Å². The number of hydrogen-bond donors (Lipinski definition) is 2. The maximum absolute atomic E-state index is 4.39. The quantitative estimate of drug-likeness (QED) is 0.646. The fourth-order valence-corrected chi connectivity index (χ4v) is 1.55. The number of nitrogens with one attached hydrogen (secondary N) is 2. The van der Waals surface area contributed by atoms with Crippen molar-refractivity contribution in [1.29, 1.82) is 0 Å². The van der Waals surface area contributed by atoms with Gasteiger partial charge in [0.05, 0.1) is 0 Å². The maximum atomic E-state index is 4.39. The molecule has 17 heavy (non-hydrogen) atoms. The van der Waals surface area contributed by atoms with Crippen molar-refractivity contribution in [3.05, 3.63) is 12.3 Å². The second kappa shape index (κ2) is 8.79. The average molecular weight is 236 g/mol. The Morgan fingerprint density at radius 2 is 1.88 bits per heavy atom. The second-order valence-electron chi connectivity index (χ2n) is 4.18. The smallest absolute Gasteiger partial charge is 0.224 e. The van der Waals surface area contributed by atoms with Crippen LogP contribution in [-0.2, 0) is 0 Å². The van der Waals surface area contributed by atoms with Gasteiger partial charge in [-0.05, 0) is 18.9 Å². The van der Waals surface area contributed by atoms with E-state index >= 15 is 0 Å². The van der Waals surface area contributed by atoms with Crippen molar-refractivity contribution >= 4 is 11.8 Å². The van der Waals surface area contributed by atoms with Crippen molar-refractivity contribution < 1.29 is 0 Å². The Bertz CT molecular complexity index is 301. The van der Waals surface area contributed by atoms with Crippen LogP contribution in [0.2, 0.25) is 0 Å². The summed E-state index contributed by atoms with van der Waals surface area (Å²) >= 11 is 0. The zero-order chi connectivity index (χ0) is 12.3. The molecule has 1 aromatic rings. The monoisotopic (exact) mass is 236 g/mol. The highest BCUT2D eigenvalue weighted by molar-refractivity contribution is 5.39. The van der Waals surface area contributed by atoms with Crippen LogP contribution in [0.15, 0.2) is 12.3 Å². The van der Waals surface area contributed by atoms with Crippen LogP contribution in [0.25, 0.3) is 0 Å². The van der Waals surface area contributed by atoms with Crippen LogP contribution in [0, 0.1) is 0 Å². The molecule has 0 aliphatic rings. The largest absolute Gasteiger partial charge is 0.370 e. The molecule has 1 heterocycles. The summed E-state index contributed by atoms with van der Waals surface area (Å²) in [5.74, 6) is 1.63. The van der Waals surface area contributed by atoms with Gasteiger partial charge >= 0.3 is 0 Å². The van der Waals surface area contributed by atoms with Crippen molar-refractivity contribution in [2.75, 3.05) is 23.7 Å². The number of rotatable bonds is 9. The van der Waals surface area contributed by atoms with Crippen LogP contribution in [0.3, 0.4) is 0 Å². The molecule has 0 spiro atoms. The minimum absolute atomic E-state index is 0.713. The number of nitrogens with zero attached hydrogens (tertiary/aromatic N) is 2. The predicted molar refractivity (Wildman–Crippen MR) is 73.4 cm³/mol. The highest BCUT2D eigenvalue weighted by atomic mass is 15.1.